The van der Waals surface area contributed by atoms with Crippen LogP contribution in [0.15, 0.2) is 35.6 Å². The van der Waals surface area contributed by atoms with Crippen LogP contribution in [0.2, 0.25) is 0 Å². The summed E-state index contributed by atoms with van der Waals surface area (Å²) in [6.07, 6.45) is 0.697. The number of nitro groups is 1. The molecule has 1 saturated heterocycles. The number of methoxy groups -OCH3 is 1. The number of piperazine rings is 1. The molecule has 2 aromatic rings. The van der Waals surface area contributed by atoms with Crippen LogP contribution in [0, 0.1) is 10.1 Å². The zero-order valence-corrected chi connectivity index (χ0v) is 18.4. The number of carbonyl (C=O) groups excluding carboxylic acids is 2. The number of primary amides is 1. The first-order valence-corrected chi connectivity index (χ1v) is 10.8. The van der Waals surface area contributed by atoms with E-state index in [2.05, 4.69) is 14.9 Å². The van der Waals surface area contributed by atoms with Crippen LogP contribution < -0.4 is 15.4 Å². The number of fused-ring (bicyclic) bond motifs is 1. The van der Waals surface area contributed by atoms with Crippen LogP contribution >= 0.6 is 11.8 Å². The van der Waals surface area contributed by atoms with Crippen LogP contribution in [0.3, 0.4) is 0 Å². The number of urea groups is 1. The Hall–Kier alpha value is -3.65. The lowest BCUT2D eigenvalue weighted by molar-refractivity contribution is -0.384. The molecule has 1 aromatic heterocycles. The van der Waals surface area contributed by atoms with Gasteiger partial charge in [0.15, 0.2) is 0 Å². The maximum atomic E-state index is 12.8. The number of thioether (sulfide) groups is 1. The molecule has 0 radical (unpaired) electrons. The fourth-order valence-electron chi connectivity index (χ4n) is 3.61. The van der Waals surface area contributed by atoms with E-state index in [1.807, 2.05) is 6.07 Å². The zero-order valence-electron chi connectivity index (χ0n) is 17.6. The van der Waals surface area contributed by atoms with Crippen LogP contribution in [0.1, 0.15) is 5.56 Å². The average Bonchev–Trinajstić information content (AvgIpc) is 3.18. The first-order valence-electron chi connectivity index (χ1n) is 9.93. The molecule has 1 unspecified atom stereocenters. The summed E-state index contributed by atoms with van der Waals surface area (Å²) in [5, 5.41) is 11.4. The third-order valence-electron chi connectivity index (χ3n) is 5.21. The minimum absolute atomic E-state index is 0.0464. The Labute approximate surface area is 192 Å². The second-order valence-corrected chi connectivity index (χ2v) is 8.27. The molecule has 0 saturated carbocycles. The van der Waals surface area contributed by atoms with E-state index < -0.39 is 22.6 Å². The van der Waals surface area contributed by atoms with E-state index in [9.17, 15) is 19.7 Å². The number of nitrogens with two attached hydrogens (primary N) is 1. The molecule has 14 heteroatoms. The summed E-state index contributed by atoms with van der Waals surface area (Å²) in [4.78, 5) is 48.2. The van der Waals surface area contributed by atoms with E-state index in [4.69, 9.17) is 15.2 Å². The molecular formula is C19H21N7O6S. The standard InChI is InChI=1S/C19H21N7O6S/c1-31-15-14-16(22-11-21-15)33-19(25(14)17(20)27)32-18(28)24-7-5-23(6-8-24)10-12-3-2-4-13(9-12)26(29)30/h2-4,9,11,19H,5-8,10H2,1H3,(H2,20,27). The normalized spacial score (nSPS) is 18.0. The number of aromatic nitrogens is 2. The van der Waals surface area contributed by atoms with Crippen LogP contribution in [0.25, 0.3) is 0 Å². The van der Waals surface area contributed by atoms with Gasteiger partial charge in [0.2, 0.25) is 11.4 Å². The minimum atomic E-state index is -1.03. The first-order chi connectivity index (χ1) is 15.9. The number of anilines is 1. The van der Waals surface area contributed by atoms with E-state index in [1.165, 1.54) is 24.4 Å². The van der Waals surface area contributed by atoms with Gasteiger partial charge in [0.1, 0.15) is 17.0 Å². The van der Waals surface area contributed by atoms with E-state index in [0.717, 1.165) is 22.2 Å². The predicted molar refractivity (Wildman–Crippen MR) is 117 cm³/mol. The van der Waals surface area contributed by atoms with Crippen LogP contribution in [0.5, 0.6) is 5.88 Å². The highest BCUT2D eigenvalue weighted by Crippen LogP contribution is 2.46. The number of ether oxygens (including phenoxy) is 2. The fourth-order valence-corrected chi connectivity index (χ4v) is 4.65. The lowest BCUT2D eigenvalue weighted by Crippen LogP contribution is -2.50. The summed E-state index contributed by atoms with van der Waals surface area (Å²) >= 11 is 1.06. The molecule has 0 aliphatic carbocycles. The van der Waals surface area contributed by atoms with Crippen molar-refractivity contribution in [2.24, 2.45) is 5.73 Å². The van der Waals surface area contributed by atoms with Crippen molar-refractivity contribution in [1.29, 1.82) is 0 Å². The van der Waals surface area contributed by atoms with E-state index in [1.54, 1.807) is 12.1 Å². The second kappa shape index (κ2) is 9.46. The maximum absolute atomic E-state index is 12.8. The quantitative estimate of drug-likeness (QED) is 0.383. The molecule has 3 amide bonds. The van der Waals surface area contributed by atoms with Crippen molar-refractivity contribution in [2.75, 3.05) is 38.2 Å². The maximum Gasteiger partial charge on any atom is 0.412 e. The summed E-state index contributed by atoms with van der Waals surface area (Å²) in [5.41, 5.74) is 5.62. The SMILES string of the molecule is COc1ncnc2c1N(C(N)=O)C(OC(=O)N1CCN(Cc3cccc([N+](=O)[O-])c3)CC1)S2. The lowest BCUT2D eigenvalue weighted by Gasteiger charge is -2.35. The average molecular weight is 475 g/mol. The van der Waals surface area contributed by atoms with Crippen molar-refractivity contribution in [2.45, 2.75) is 17.1 Å². The summed E-state index contributed by atoms with van der Waals surface area (Å²) in [7, 11) is 1.40. The van der Waals surface area contributed by atoms with E-state index >= 15 is 0 Å². The van der Waals surface area contributed by atoms with Crippen molar-refractivity contribution in [3.05, 3.63) is 46.3 Å². The Balaban J connectivity index is 1.35. The smallest absolute Gasteiger partial charge is 0.412 e. The number of nitrogens with zero attached hydrogens (tertiary/aromatic N) is 6. The Kier molecular flexibility index (Phi) is 6.46. The van der Waals surface area contributed by atoms with Gasteiger partial charge in [0, 0.05) is 44.9 Å². The van der Waals surface area contributed by atoms with Crippen molar-refractivity contribution in [1.82, 2.24) is 19.8 Å². The summed E-state index contributed by atoms with van der Waals surface area (Å²) in [6, 6.07) is 5.66. The van der Waals surface area contributed by atoms with E-state index in [0.29, 0.717) is 37.7 Å². The molecule has 174 valence electrons. The van der Waals surface area contributed by atoms with Crippen LogP contribution in [0.4, 0.5) is 21.0 Å². The van der Waals surface area contributed by atoms with E-state index in [-0.39, 0.29) is 17.3 Å². The molecule has 2 aliphatic heterocycles. The molecular weight excluding hydrogens is 454 g/mol. The highest BCUT2D eigenvalue weighted by Gasteiger charge is 2.41. The van der Waals surface area contributed by atoms with Gasteiger partial charge in [-0.1, -0.05) is 12.1 Å². The third-order valence-corrected chi connectivity index (χ3v) is 6.24. The summed E-state index contributed by atoms with van der Waals surface area (Å²) < 4.78 is 10.7. The molecule has 1 aromatic carbocycles. The van der Waals surface area contributed by atoms with Crippen molar-refractivity contribution in [3.8, 4) is 5.88 Å². The number of non-ortho nitro benzene ring substituents is 1. The third kappa shape index (κ3) is 4.75. The van der Waals surface area contributed by atoms with Gasteiger partial charge >= 0.3 is 12.1 Å². The van der Waals surface area contributed by atoms with Gasteiger partial charge in [-0.25, -0.2) is 19.5 Å². The molecule has 1 fully saturated rings. The molecule has 33 heavy (non-hydrogen) atoms. The minimum Gasteiger partial charge on any atom is -0.479 e. The lowest BCUT2D eigenvalue weighted by atomic mass is 10.2. The molecule has 3 heterocycles. The van der Waals surface area contributed by atoms with Gasteiger partial charge in [-0.15, -0.1) is 0 Å². The molecule has 2 aliphatic rings. The first kappa shape index (κ1) is 22.5. The summed E-state index contributed by atoms with van der Waals surface area (Å²) in [5.74, 6) is 0.152. The zero-order chi connectivity index (χ0) is 23.5. The van der Waals surface area contributed by atoms with Crippen molar-refractivity contribution < 1.29 is 24.0 Å². The van der Waals surface area contributed by atoms with Gasteiger partial charge in [-0.2, -0.15) is 4.98 Å². The van der Waals surface area contributed by atoms with Gasteiger partial charge in [-0.05, 0) is 17.3 Å². The fraction of sp³-hybridized carbons (Fsp3) is 0.368. The highest BCUT2D eigenvalue weighted by atomic mass is 32.2. The van der Waals surface area contributed by atoms with Gasteiger partial charge in [0.05, 0.1) is 12.0 Å². The molecule has 0 bridgehead atoms. The number of hydrogen-bond donors (Lipinski definition) is 1. The van der Waals surface area contributed by atoms with Gasteiger partial charge in [-0.3, -0.25) is 15.0 Å². The Morgan fingerprint density at radius 3 is 2.70 bits per heavy atom. The summed E-state index contributed by atoms with van der Waals surface area (Å²) in [6.45, 7) is 2.46. The van der Waals surface area contributed by atoms with Crippen molar-refractivity contribution >= 4 is 35.3 Å². The van der Waals surface area contributed by atoms with Gasteiger partial charge < -0.3 is 20.1 Å². The second-order valence-electron chi connectivity index (χ2n) is 7.24. The molecule has 1 atom stereocenters. The number of amides is 3. The number of nitro benzene ring substituents is 1. The largest absolute Gasteiger partial charge is 0.479 e. The van der Waals surface area contributed by atoms with Gasteiger partial charge in [0.25, 0.3) is 5.69 Å². The Bertz CT molecular complexity index is 1080. The number of carbonyl (C=O) groups is 2. The predicted octanol–water partition coefficient (Wildman–Crippen LogP) is 1.62. The van der Waals surface area contributed by atoms with Crippen molar-refractivity contribution in [3.63, 3.8) is 0 Å². The molecule has 2 N–H and O–H groups in total. The van der Waals surface area contributed by atoms with Crippen LogP contribution in [-0.4, -0.2) is 75.7 Å². The topological polar surface area (TPSA) is 157 Å². The number of benzene rings is 1. The number of rotatable bonds is 5. The molecule has 4 rings (SSSR count). The Morgan fingerprint density at radius 2 is 2.03 bits per heavy atom. The Morgan fingerprint density at radius 1 is 1.27 bits per heavy atom. The highest BCUT2D eigenvalue weighted by molar-refractivity contribution is 8.00. The van der Waals surface area contributed by atoms with Crippen LogP contribution in [-0.2, 0) is 11.3 Å². The molecule has 13 nitrogen and oxygen atoms in total. The number of hydrogen-bond acceptors (Lipinski definition) is 10. The monoisotopic (exact) mass is 475 g/mol. The molecule has 0 spiro atoms.